The van der Waals surface area contributed by atoms with Crippen LogP contribution in [0.15, 0.2) is 54.6 Å². The standard InChI is InChI=1S/C15H16N2O4/c18-12(11-21-13-6-2-1-3-7-13)10-16-14-8-4-5-9-15(14)17(19)20/h1-9,12,16,18H,10-11H2. The average molecular weight is 288 g/mol. The summed E-state index contributed by atoms with van der Waals surface area (Å²) in [7, 11) is 0. The van der Waals surface area contributed by atoms with E-state index in [9.17, 15) is 15.2 Å². The van der Waals surface area contributed by atoms with Crippen molar-refractivity contribution in [3.05, 3.63) is 64.7 Å². The van der Waals surface area contributed by atoms with Crippen LogP contribution in [-0.4, -0.2) is 29.3 Å². The second-order valence-corrected chi connectivity index (χ2v) is 4.43. The van der Waals surface area contributed by atoms with Crippen LogP contribution in [0.25, 0.3) is 0 Å². The summed E-state index contributed by atoms with van der Waals surface area (Å²) in [6.07, 6.45) is -0.773. The van der Waals surface area contributed by atoms with Gasteiger partial charge in [-0.2, -0.15) is 0 Å². The summed E-state index contributed by atoms with van der Waals surface area (Å²) >= 11 is 0. The lowest BCUT2D eigenvalue weighted by Gasteiger charge is -2.14. The Morgan fingerprint density at radius 3 is 2.52 bits per heavy atom. The lowest BCUT2D eigenvalue weighted by Crippen LogP contribution is -2.26. The second-order valence-electron chi connectivity index (χ2n) is 4.43. The van der Waals surface area contributed by atoms with Gasteiger partial charge in [-0.15, -0.1) is 0 Å². The van der Waals surface area contributed by atoms with E-state index in [2.05, 4.69) is 5.32 Å². The zero-order chi connectivity index (χ0) is 15.1. The van der Waals surface area contributed by atoms with Gasteiger partial charge in [0.2, 0.25) is 0 Å². The van der Waals surface area contributed by atoms with Crippen molar-refractivity contribution in [1.29, 1.82) is 0 Å². The zero-order valence-electron chi connectivity index (χ0n) is 11.3. The molecule has 6 nitrogen and oxygen atoms in total. The number of aliphatic hydroxyl groups excluding tert-OH is 1. The maximum atomic E-state index is 10.9. The molecule has 110 valence electrons. The number of benzene rings is 2. The molecular formula is C15H16N2O4. The Morgan fingerprint density at radius 1 is 1.14 bits per heavy atom. The van der Waals surface area contributed by atoms with Crippen molar-refractivity contribution in [2.45, 2.75) is 6.10 Å². The second kappa shape index (κ2) is 7.25. The van der Waals surface area contributed by atoms with Crippen molar-refractivity contribution in [2.75, 3.05) is 18.5 Å². The number of anilines is 1. The van der Waals surface area contributed by atoms with E-state index in [1.807, 2.05) is 18.2 Å². The van der Waals surface area contributed by atoms with Crippen LogP contribution in [0.3, 0.4) is 0 Å². The first-order valence-corrected chi connectivity index (χ1v) is 6.50. The number of hydrogen-bond donors (Lipinski definition) is 2. The molecule has 1 unspecified atom stereocenters. The number of aliphatic hydroxyl groups is 1. The van der Waals surface area contributed by atoms with E-state index in [0.29, 0.717) is 11.4 Å². The zero-order valence-corrected chi connectivity index (χ0v) is 11.3. The monoisotopic (exact) mass is 288 g/mol. The lowest BCUT2D eigenvalue weighted by molar-refractivity contribution is -0.384. The molecule has 1 atom stereocenters. The molecule has 2 N–H and O–H groups in total. The summed E-state index contributed by atoms with van der Waals surface area (Å²) in [5.74, 6) is 0.669. The number of rotatable bonds is 7. The molecule has 0 saturated heterocycles. The minimum Gasteiger partial charge on any atom is -0.491 e. The van der Waals surface area contributed by atoms with Gasteiger partial charge in [0.1, 0.15) is 24.1 Å². The highest BCUT2D eigenvalue weighted by Gasteiger charge is 2.13. The van der Waals surface area contributed by atoms with Crippen LogP contribution in [0.2, 0.25) is 0 Å². The molecular weight excluding hydrogens is 272 g/mol. The first-order valence-electron chi connectivity index (χ1n) is 6.50. The molecule has 0 saturated carbocycles. The Balaban J connectivity index is 1.84. The number of ether oxygens (including phenoxy) is 1. The quantitative estimate of drug-likeness (QED) is 0.604. The van der Waals surface area contributed by atoms with Crippen molar-refractivity contribution in [3.8, 4) is 5.75 Å². The number of nitrogens with one attached hydrogen (secondary N) is 1. The third kappa shape index (κ3) is 4.47. The molecule has 0 aliphatic heterocycles. The lowest BCUT2D eigenvalue weighted by atomic mass is 10.2. The van der Waals surface area contributed by atoms with Crippen LogP contribution in [0, 0.1) is 10.1 Å². The van der Waals surface area contributed by atoms with E-state index in [0.717, 1.165) is 0 Å². The van der Waals surface area contributed by atoms with E-state index in [-0.39, 0.29) is 18.8 Å². The van der Waals surface area contributed by atoms with E-state index in [4.69, 9.17) is 4.74 Å². The number of nitrogens with zero attached hydrogens (tertiary/aromatic N) is 1. The highest BCUT2D eigenvalue weighted by atomic mass is 16.6. The molecule has 0 aromatic heterocycles. The molecule has 0 spiro atoms. The summed E-state index contributed by atoms with van der Waals surface area (Å²) in [5.41, 5.74) is 0.356. The van der Waals surface area contributed by atoms with Crippen molar-refractivity contribution < 1.29 is 14.8 Å². The summed E-state index contributed by atoms with van der Waals surface area (Å²) < 4.78 is 5.41. The van der Waals surface area contributed by atoms with Gasteiger partial charge in [-0.25, -0.2) is 0 Å². The van der Waals surface area contributed by atoms with E-state index in [1.54, 1.807) is 30.3 Å². The van der Waals surface area contributed by atoms with Crippen LogP contribution in [0.4, 0.5) is 11.4 Å². The van der Waals surface area contributed by atoms with Crippen LogP contribution < -0.4 is 10.1 Å². The smallest absolute Gasteiger partial charge is 0.292 e. The van der Waals surface area contributed by atoms with Crippen LogP contribution in [0.1, 0.15) is 0 Å². The molecule has 6 heteroatoms. The van der Waals surface area contributed by atoms with Gasteiger partial charge in [0.05, 0.1) is 4.92 Å². The van der Waals surface area contributed by atoms with Gasteiger partial charge in [0.15, 0.2) is 0 Å². The molecule has 0 fully saturated rings. The molecule has 2 rings (SSSR count). The highest BCUT2D eigenvalue weighted by Crippen LogP contribution is 2.22. The first kappa shape index (κ1) is 14.8. The Hall–Kier alpha value is -2.60. The minimum atomic E-state index is -0.773. The highest BCUT2D eigenvalue weighted by molar-refractivity contribution is 5.61. The van der Waals surface area contributed by atoms with Gasteiger partial charge in [0.25, 0.3) is 5.69 Å². The Morgan fingerprint density at radius 2 is 1.81 bits per heavy atom. The Kier molecular flexibility index (Phi) is 5.11. The van der Waals surface area contributed by atoms with Crippen molar-refractivity contribution >= 4 is 11.4 Å². The number of hydrogen-bond acceptors (Lipinski definition) is 5. The molecule has 0 amide bonds. The maximum Gasteiger partial charge on any atom is 0.292 e. The predicted octanol–water partition coefficient (Wildman–Crippen LogP) is 2.45. The first-order chi connectivity index (χ1) is 10.2. The average Bonchev–Trinajstić information content (AvgIpc) is 2.52. The fourth-order valence-corrected chi connectivity index (χ4v) is 1.78. The van der Waals surface area contributed by atoms with Crippen molar-refractivity contribution in [2.24, 2.45) is 0 Å². The predicted molar refractivity (Wildman–Crippen MR) is 79.5 cm³/mol. The van der Waals surface area contributed by atoms with Gasteiger partial charge in [0, 0.05) is 12.6 Å². The normalized spacial score (nSPS) is 11.7. The molecule has 21 heavy (non-hydrogen) atoms. The number of para-hydroxylation sites is 3. The van der Waals surface area contributed by atoms with Gasteiger partial charge in [-0.1, -0.05) is 30.3 Å². The van der Waals surface area contributed by atoms with Crippen LogP contribution >= 0.6 is 0 Å². The fraction of sp³-hybridized carbons (Fsp3) is 0.200. The largest absolute Gasteiger partial charge is 0.491 e. The third-order valence-electron chi connectivity index (χ3n) is 2.81. The molecule has 0 aliphatic rings. The third-order valence-corrected chi connectivity index (χ3v) is 2.81. The Labute approximate surface area is 122 Å². The summed E-state index contributed by atoms with van der Waals surface area (Å²) in [6.45, 7) is 0.273. The molecule has 2 aromatic rings. The number of nitro benzene ring substituents is 1. The summed E-state index contributed by atoms with van der Waals surface area (Å²) in [5, 5.41) is 23.6. The van der Waals surface area contributed by atoms with E-state index >= 15 is 0 Å². The summed E-state index contributed by atoms with van der Waals surface area (Å²) in [4.78, 5) is 10.4. The summed E-state index contributed by atoms with van der Waals surface area (Å²) in [6, 6.07) is 15.4. The molecule has 2 aromatic carbocycles. The molecule has 0 bridgehead atoms. The Bertz CT molecular complexity index is 589. The molecule has 0 aliphatic carbocycles. The number of nitro groups is 1. The van der Waals surface area contributed by atoms with Gasteiger partial charge >= 0.3 is 0 Å². The van der Waals surface area contributed by atoms with Crippen molar-refractivity contribution in [1.82, 2.24) is 0 Å². The molecule has 0 heterocycles. The van der Waals surface area contributed by atoms with Crippen molar-refractivity contribution in [3.63, 3.8) is 0 Å². The maximum absolute atomic E-state index is 10.9. The minimum absolute atomic E-state index is 0.0197. The van der Waals surface area contributed by atoms with E-state index in [1.165, 1.54) is 6.07 Å². The van der Waals surface area contributed by atoms with E-state index < -0.39 is 11.0 Å². The van der Waals surface area contributed by atoms with Crippen LogP contribution in [0.5, 0.6) is 5.75 Å². The van der Waals surface area contributed by atoms with Crippen LogP contribution in [-0.2, 0) is 0 Å². The fourth-order valence-electron chi connectivity index (χ4n) is 1.78. The topological polar surface area (TPSA) is 84.6 Å². The van der Waals surface area contributed by atoms with Gasteiger partial charge in [-0.05, 0) is 18.2 Å². The van der Waals surface area contributed by atoms with Gasteiger partial charge < -0.3 is 15.2 Å². The SMILES string of the molecule is O=[N+]([O-])c1ccccc1NCC(O)COc1ccccc1. The molecule has 0 radical (unpaired) electrons. The van der Waals surface area contributed by atoms with Gasteiger partial charge in [-0.3, -0.25) is 10.1 Å².